The second-order valence-corrected chi connectivity index (χ2v) is 9.91. The standard InChI is InChI=1S/C25H35N3O7S/c1-7-21(25(30)26-8-2)27(16-18-10-9-11-19(14-18)33-3)24(29)17-28(36(6,31)32)22-13-12-20(34-4)15-23(22)35-5/h9-15,21H,7-8,16-17H2,1-6H3,(H,26,30). The fraction of sp³-hybridized carbons (Fsp3) is 0.440. The van der Waals surface area contributed by atoms with Crippen molar-refractivity contribution in [2.45, 2.75) is 32.9 Å². The van der Waals surface area contributed by atoms with E-state index in [1.807, 2.05) is 6.07 Å². The van der Waals surface area contributed by atoms with E-state index in [4.69, 9.17) is 14.2 Å². The van der Waals surface area contributed by atoms with Gasteiger partial charge in [0.25, 0.3) is 0 Å². The van der Waals surface area contributed by atoms with Crippen LogP contribution in [-0.2, 0) is 26.2 Å². The average molecular weight is 522 g/mol. The summed E-state index contributed by atoms with van der Waals surface area (Å²) in [5, 5.41) is 2.76. The molecule has 10 nitrogen and oxygen atoms in total. The first kappa shape index (κ1) is 28.8. The molecule has 2 rings (SSSR count). The number of methoxy groups -OCH3 is 3. The number of carbonyl (C=O) groups is 2. The molecule has 1 unspecified atom stereocenters. The largest absolute Gasteiger partial charge is 0.497 e. The summed E-state index contributed by atoms with van der Waals surface area (Å²) in [6, 6.07) is 11.0. The lowest BCUT2D eigenvalue weighted by atomic mass is 10.1. The molecule has 0 heterocycles. The van der Waals surface area contributed by atoms with E-state index in [1.165, 1.54) is 38.4 Å². The van der Waals surface area contributed by atoms with E-state index in [2.05, 4.69) is 5.32 Å². The van der Waals surface area contributed by atoms with E-state index >= 15 is 0 Å². The first-order valence-corrected chi connectivity index (χ1v) is 13.3. The quantitative estimate of drug-likeness (QED) is 0.431. The zero-order chi connectivity index (χ0) is 26.9. The Morgan fingerprint density at radius 1 is 0.972 bits per heavy atom. The molecule has 11 heteroatoms. The number of nitrogens with one attached hydrogen (secondary N) is 1. The van der Waals surface area contributed by atoms with Crippen LogP contribution < -0.4 is 23.8 Å². The summed E-state index contributed by atoms with van der Waals surface area (Å²) in [6.07, 6.45) is 1.35. The minimum atomic E-state index is -3.90. The number of amides is 2. The third-order valence-electron chi connectivity index (χ3n) is 5.56. The van der Waals surface area contributed by atoms with Crippen LogP contribution in [0, 0.1) is 0 Å². The number of ether oxygens (including phenoxy) is 3. The summed E-state index contributed by atoms with van der Waals surface area (Å²) in [4.78, 5) is 28.0. The van der Waals surface area contributed by atoms with Gasteiger partial charge in [-0.25, -0.2) is 8.42 Å². The number of anilines is 1. The SMILES string of the molecule is CCNC(=O)C(CC)N(Cc1cccc(OC)c1)C(=O)CN(c1ccc(OC)cc1OC)S(C)(=O)=O. The van der Waals surface area contributed by atoms with Crippen molar-refractivity contribution in [1.82, 2.24) is 10.2 Å². The molecule has 1 atom stereocenters. The number of rotatable bonds is 13. The molecule has 0 aliphatic rings. The maximum atomic E-state index is 13.7. The Morgan fingerprint density at radius 3 is 2.19 bits per heavy atom. The highest BCUT2D eigenvalue weighted by atomic mass is 32.2. The van der Waals surface area contributed by atoms with Gasteiger partial charge in [-0.05, 0) is 43.2 Å². The summed E-state index contributed by atoms with van der Waals surface area (Å²) >= 11 is 0. The molecule has 0 aliphatic carbocycles. The molecule has 36 heavy (non-hydrogen) atoms. The van der Waals surface area contributed by atoms with Crippen molar-refractivity contribution in [1.29, 1.82) is 0 Å². The highest BCUT2D eigenvalue weighted by Crippen LogP contribution is 2.33. The van der Waals surface area contributed by atoms with Gasteiger partial charge < -0.3 is 24.4 Å². The minimum absolute atomic E-state index is 0.0863. The van der Waals surface area contributed by atoms with E-state index in [0.29, 0.717) is 24.5 Å². The molecule has 2 aromatic rings. The molecule has 0 bridgehead atoms. The van der Waals surface area contributed by atoms with Crippen LogP contribution in [0.5, 0.6) is 17.2 Å². The summed E-state index contributed by atoms with van der Waals surface area (Å²) in [6.45, 7) is 3.55. The van der Waals surface area contributed by atoms with Crippen molar-refractivity contribution in [2.75, 3.05) is 45.0 Å². The molecule has 198 valence electrons. The molecule has 0 radical (unpaired) electrons. The smallest absolute Gasteiger partial charge is 0.244 e. The Hall–Kier alpha value is -3.47. The molecular formula is C25H35N3O7S. The highest BCUT2D eigenvalue weighted by Gasteiger charge is 2.32. The van der Waals surface area contributed by atoms with Crippen molar-refractivity contribution >= 4 is 27.5 Å². The minimum Gasteiger partial charge on any atom is -0.497 e. The molecular weight excluding hydrogens is 486 g/mol. The van der Waals surface area contributed by atoms with Gasteiger partial charge in [-0.2, -0.15) is 0 Å². The first-order chi connectivity index (χ1) is 17.1. The Morgan fingerprint density at radius 2 is 1.64 bits per heavy atom. The van der Waals surface area contributed by atoms with Crippen LogP contribution in [0.15, 0.2) is 42.5 Å². The van der Waals surface area contributed by atoms with E-state index in [-0.39, 0.29) is 23.9 Å². The van der Waals surface area contributed by atoms with Gasteiger partial charge in [0.15, 0.2) is 0 Å². The van der Waals surface area contributed by atoms with Gasteiger partial charge in [0.1, 0.15) is 29.8 Å². The lowest BCUT2D eigenvalue weighted by Gasteiger charge is -2.33. The van der Waals surface area contributed by atoms with Crippen molar-refractivity contribution < 1.29 is 32.2 Å². The van der Waals surface area contributed by atoms with Gasteiger partial charge >= 0.3 is 0 Å². The molecule has 0 aliphatic heterocycles. The Balaban J connectivity index is 2.51. The lowest BCUT2D eigenvalue weighted by molar-refractivity contribution is -0.140. The van der Waals surface area contributed by atoms with Gasteiger partial charge in [-0.3, -0.25) is 13.9 Å². The van der Waals surface area contributed by atoms with Gasteiger partial charge in [0, 0.05) is 19.2 Å². The summed E-state index contributed by atoms with van der Waals surface area (Å²) in [5.74, 6) is 0.440. The number of hydrogen-bond acceptors (Lipinski definition) is 7. The van der Waals surface area contributed by atoms with Crippen molar-refractivity contribution in [3.05, 3.63) is 48.0 Å². The zero-order valence-corrected chi connectivity index (χ0v) is 22.4. The Bertz CT molecular complexity index is 1150. The van der Waals surface area contributed by atoms with Crippen LogP contribution >= 0.6 is 0 Å². The first-order valence-electron chi connectivity index (χ1n) is 11.5. The molecule has 1 N–H and O–H groups in total. The monoisotopic (exact) mass is 521 g/mol. The molecule has 0 saturated carbocycles. The third kappa shape index (κ3) is 7.27. The van der Waals surface area contributed by atoms with E-state index in [9.17, 15) is 18.0 Å². The fourth-order valence-corrected chi connectivity index (χ4v) is 4.62. The van der Waals surface area contributed by atoms with Crippen LogP contribution in [0.2, 0.25) is 0 Å². The number of hydrogen-bond donors (Lipinski definition) is 1. The molecule has 2 aromatic carbocycles. The van der Waals surface area contributed by atoms with E-state index in [0.717, 1.165) is 16.1 Å². The second kappa shape index (κ2) is 13.0. The van der Waals surface area contributed by atoms with Crippen LogP contribution in [0.25, 0.3) is 0 Å². The van der Waals surface area contributed by atoms with Crippen LogP contribution in [0.3, 0.4) is 0 Å². The van der Waals surface area contributed by atoms with Crippen LogP contribution in [-0.4, -0.2) is 71.8 Å². The van der Waals surface area contributed by atoms with Crippen molar-refractivity contribution in [2.24, 2.45) is 0 Å². The fourth-order valence-electron chi connectivity index (χ4n) is 3.76. The van der Waals surface area contributed by atoms with Gasteiger partial charge in [0.2, 0.25) is 21.8 Å². The molecule has 0 aromatic heterocycles. The Labute approximate surface area is 213 Å². The average Bonchev–Trinajstić information content (AvgIpc) is 2.86. The van der Waals surface area contributed by atoms with Gasteiger partial charge in [-0.1, -0.05) is 19.1 Å². The predicted octanol–water partition coefficient (Wildman–Crippen LogP) is 2.42. The number of likely N-dealkylation sites (N-methyl/N-ethyl adjacent to an activating group) is 1. The maximum absolute atomic E-state index is 13.7. The highest BCUT2D eigenvalue weighted by molar-refractivity contribution is 7.92. The molecule has 0 spiro atoms. The zero-order valence-electron chi connectivity index (χ0n) is 21.6. The number of carbonyl (C=O) groups excluding carboxylic acids is 2. The lowest BCUT2D eigenvalue weighted by Crippen LogP contribution is -2.52. The Kier molecular flexibility index (Phi) is 10.4. The van der Waals surface area contributed by atoms with E-state index < -0.39 is 28.5 Å². The van der Waals surface area contributed by atoms with Gasteiger partial charge in [-0.15, -0.1) is 0 Å². The van der Waals surface area contributed by atoms with Gasteiger partial charge in [0.05, 0.1) is 33.3 Å². The normalized spacial score (nSPS) is 11.8. The van der Waals surface area contributed by atoms with E-state index in [1.54, 1.807) is 38.1 Å². The summed E-state index contributed by atoms with van der Waals surface area (Å²) < 4.78 is 42.4. The van der Waals surface area contributed by atoms with Crippen LogP contribution in [0.4, 0.5) is 5.69 Å². The molecule has 2 amide bonds. The number of sulfonamides is 1. The van der Waals surface area contributed by atoms with Crippen molar-refractivity contribution in [3.63, 3.8) is 0 Å². The number of nitrogens with zero attached hydrogens (tertiary/aromatic N) is 2. The maximum Gasteiger partial charge on any atom is 0.244 e. The summed E-state index contributed by atoms with van der Waals surface area (Å²) in [5.41, 5.74) is 0.917. The topological polar surface area (TPSA) is 114 Å². The van der Waals surface area contributed by atoms with Crippen LogP contribution in [0.1, 0.15) is 25.8 Å². The van der Waals surface area contributed by atoms with Crippen molar-refractivity contribution in [3.8, 4) is 17.2 Å². The molecule has 0 saturated heterocycles. The summed E-state index contributed by atoms with van der Waals surface area (Å²) in [7, 11) is 0.521. The second-order valence-electron chi connectivity index (χ2n) is 8.00. The predicted molar refractivity (Wildman–Crippen MR) is 138 cm³/mol. The third-order valence-corrected chi connectivity index (χ3v) is 6.69. The molecule has 0 fully saturated rings. The number of benzene rings is 2.